The van der Waals surface area contributed by atoms with Crippen molar-refractivity contribution in [3.8, 4) is 0 Å². The van der Waals surface area contributed by atoms with Gasteiger partial charge in [0.1, 0.15) is 18.1 Å². The van der Waals surface area contributed by atoms with Crippen LogP contribution in [0.1, 0.15) is 49.7 Å². The number of aliphatic hydroxyl groups is 3. The van der Waals surface area contributed by atoms with Crippen LogP contribution in [0.3, 0.4) is 0 Å². The maximum absolute atomic E-state index is 10.7. The summed E-state index contributed by atoms with van der Waals surface area (Å²) in [6.45, 7) is 5.87. The van der Waals surface area contributed by atoms with E-state index >= 15 is 0 Å². The van der Waals surface area contributed by atoms with Gasteiger partial charge < -0.3 is 19.7 Å². The van der Waals surface area contributed by atoms with Crippen LogP contribution in [0.2, 0.25) is 0 Å². The Kier molecular flexibility index (Phi) is 8.95. The molecule has 0 fully saturated rings. The molecule has 0 amide bonds. The fraction of sp³-hybridized carbons (Fsp3) is 0.333. The second kappa shape index (κ2) is 11.4. The third-order valence-corrected chi connectivity index (χ3v) is 4.62. The molecule has 0 saturated carbocycles. The van der Waals surface area contributed by atoms with E-state index in [-0.39, 0.29) is 13.2 Å². The Bertz CT molecular complexity index is 799. The molecule has 4 heteroatoms. The molecule has 0 aliphatic carbocycles. The van der Waals surface area contributed by atoms with Crippen LogP contribution >= 0.6 is 0 Å². The smallest absolute Gasteiger partial charge is 0.130 e. The Balaban J connectivity index is 2.20. The molecule has 2 rings (SSSR count). The number of allylic oxidation sites excluding steroid dienone is 1. The van der Waals surface area contributed by atoms with Crippen LogP contribution < -0.4 is 0 Å². The van der Waals surface area contributed by atoms with E-state index in [1.165, 1.54) is 0 Å². The lowest BCUT2D eigenvalue weighted by Crippen LogP contribution is -2.13. The van der Waals surface area contributed by atoms with E-state index in [2.05, 4.69) is 13.5 Å². The lowest BCUT2D eigenvalue weighted by molar-refractivity contribution is 0.202. The zero-order valence-electron chi connectivity index (χ0n) is 16.5. The molecule has 1 aromatic carbocycles. The first-order valence-electron chi connectivity index (χ1n) is 9.71. The molecule has 1 heterocycles. The van der Waals surface area contributed by atoms with E-state index < -0.39 is 6.10 Å². The largest absolute Gasteiger partial charge is 0.459 e. The highest BCUT2D eigenvalue weighted by Crippen LogP contribution is 2.28. The summed E-state index contributed by atoms with van der Waals surface area (Å²) < 4.78 is 5.60. The molecule has 1 atom stereocenters. The van der Waals surface area contributed by atoms with Crippen molar-refractivity contribution in [3.63, 3.8) is 0 Å². The summed E-state index contributed by atoms with van der Waals surface area (Å²) in [5.74, 6) is 1.18. The lowest BCUT2D eigenvalue weighted by Gasteiger charge is -2.18. The molecule has 0 bridgehead atoms. The number of hydrogen-bond donors (Lipinski definition) is 3. The fourth-order valence-corrected chi connectivity index (χ4v) is 3.19. The zero-order chi connectivity index (χ0) is 20.4. The first-order valence-corrected chi connectivity index (χ1v) is 9.71. The Morgan fingerprint density at radius 3 is 2.46 bits per heavy atom. The minimum Gasteiger partial charge on any atom is -0.459 e. The quantitative estimate of drug-likeness (QED) is 0.491. The second-order valence-corrected chi connectivity index (χ2v) is 6.75. The van der Waals surface area contributed by atoms with Gasteiger partial charge in [0, 0.05) is 0 Å². The number of benzene rings is 1. The van der Waals surface area contributed by atoms with Gasteiger partial charge in [0.25, 0.3) is 0 Å². The van der Waals surface area contributed by atoms with Gasteiger partial charge in [-0.05, 0) is 59.8 Å². The molecule has 0 aliphatic rings. The number of aliphatic hydroxyl groups excluding tert-OH is 3. The third-order valence-electron chi connectivity index (χ3n) is 4.62. The number of furan rings is 1. The van der Waals surface area contributed by atoms with Gasteiger partial charge in [-0.25, -0.2) is 0 Å². The van der Waals surface area contributed by atoms with Gasteiger partial charge in [-0.2, -0.15) is 0 Å². The van der Waals surface area contributed by atoms with Crippen molar-refractivity contribution in [3.05, 3.63) is 83.3 Å². The first-order chi connectivity index (χ1) is 13.6. The fourth-order valence-electron chi connectivity index (χ4n) is 3.19. The van der Waals surface area contributed by atoms with Gasteiger partial charge in [0.05, 0.1) is 12.7 Å². The molecule has 1 unspecified atom stereocenters. The molecule has 3 N–H and O–H groups in total. The number of rotatable bonds is 11. The van der Waals surface area contributed by atoms with Crippen LogP contribution in [0.15, 0.2) is 70.7 Å². The molecule has 28 heavy (non-hydrogen) atoms. The maximum atomic E-state index is 10.7. The standard InChI is InChI=1S/C24H30O4/c1-3-7-18(2)23(14-15-25)24(27)13-10-20(19-8-5-4-6-9-19)16-21-11-12-22(17-26)28-21/h4-6,8-9,11-12,14,16,24-27H,2-3,7,10,13,15,17H2,1H3/b20-16-,23-14-. The Labute approximate surface area is 167 Å². The summed E-state index contributed by atoms with van der Waals surface area (Å²) in [5, 5.41) is 29.2. The van der Waals surface area contributed by atoms with Crippen molar-refractivity contribution in [2.45, 2.75) is 45.3 Å². The zero-order valence-corrected chi connectivity index (χ0v) is 16.5. The minimum atomic E-state index is -0.692. The minimum absolute atomic E-state index is 0.118. The highest BCUT2D eigenvalue weighted by molar-refractivity contribution is 5.80. The van der Waals surface area contributed by atoms with Gasteiger partial charge in [0.2, 0.25) is 0 Å². The van der Waals surface area contributed by atoms with Gasteiger partial charge in [-0.15, -0.1) is 0 Å². The average molecular weight is 383 g/mol. The summed E-state index contributed by atoms with van der Waals surface area (Å²) in [6, 6.07) is 13.5. The molecule has 2 aromatic rings. The van der Waals surface area contributed by atoms with Crippen molar-refractivity contribution in [1.82, 2.24) is 0 Å². The Hall–Kier alpha value is -2.40. The van der Waals surface area contributed by atoms with E-state index in [0.29, 0.717) is 24.4 Å². The highest BCUT2D eigenvalue weighted by atomic mass is 16.4. The van der Waals surface area contributed by atoms with E-state index in [1.54, 1.807) is 12.1 Å². The monoisotopic (exact) mass is 382 g/mol. The molecular weight excluding hydrogens is 352 g/mol. The molecule has 0 spiro atoms. The van der Waals surface area contributed by atoms with Crippen molar-refractivity contribution < 1.29 is 19.7 Å². The molecule has 0 saturated heterocycles. The van der Waals surface area contributed by atoms with Crippen molar-refractivity contribution in [1.29, 1.82) is 0 Å². The molecule has 150 valence electrons. The molecule has 4 nitrogen and oxygen atoms in total. The predicted molar refractivity (Wildman–Crippen MR) is 113 cm³/mol. The van der Waals surface area contributed by atoms with Crippen LogP contribution in [0.4, 0.5) is 0 Å². The van der Waals surface area contributed by atoms with Gasteiger partial charge in [0.15, 0.2) is 0 Å². The van der Waals surface area contributed by atoms with E-state index in [0.717, 1.165) is 35.1 Å². The Morgan fingerprint density at radius 2 is 1.86 bits per heavy atom. The topological polar surface area (TPSA) is 73.8 Å². The predicted octanol–water partition coefficient (Wildman–Crippen LogP) is 4.73. The summed E-state index contributed by atoms with van der Waals surface area (Å²) in [4.78, 5) is 0. The number of hydrogen-bond acceptors (Lipinski definition) is 4. The van der Waals surface area contributed by atoms with Crippen molar-refractivity contribution >= 4 is 11.6 Å². The van der Waals surface area contributed by atoms with E-state index in [1.807, 2.05) is 42.5 Å². The van der Waals surface area contributed by atoms with E-state index in [4.69, 9.17) is 4.42 Å². The molecule has 0 aliphatic heterocycles. The Morgan fingerprint density at radius 1 is 1.11 bits per heavy atom. The van der Waals surface area contributed by atoms with Crippen molar-refractivity contribution in [2.75, 3.05) is 6.61 Å². The summed E-state index contributed by atoms with van der Waals surface area (Å²) in [6.07, 6.45) is 5.76. The second-order valence-electron chi connectivity index (χ2n) is 6.75. The first kappa shape index (κ1) is 21.9. The van der Waals surface area contributed by atoms with Crippen molar-refractivity contribution in [2.24, 2.45) is 0 Å². The van der Waals surface area contributed by atoms with Gasteiger partial charge in [-0.3, -0.25) is 0 Å². The summed E-state index contributed by atoms with van der Waals surface area (Å²) >= 11 is 0. The van der Waals surface area contributed by atoms with E-state index in [9.17, 15) is 15.3 Å². The normalized spacial score (nSPS) is 13.6. The SMILES string of the molecule is C=C(CCC)/C(=C/CO)C(O)CC/C(=C/c1ccc(CO)o1)c1ccccc1. The molecule has 0 radical (unpaired) electrons. The molecular formula is C24H30O4. The van der Waals surface area contributed by atoms with Crippen LogP contribution in [0.5, 0.6) is 0 Å². The lowest BCUT2D eigenvalue weighted by atomic mass is 9.92. The summed E-state index contributed by atoms with van der Waals surface area (Å²) in [5.41, 5.74) is 3.67. The van der Waals surface area contributed by atoms with Crippen LogP contribution in [-0.2, 0) is 6.61 Å². The summed E-state index contributed by atoms with van der Waals surface area (Å²) in [7, 11) is 0. The maximum Gasteiger partial charge on any atom is 0.130 e. The van der Waals surface area contributed by atoms with Crippen LogP contribution in [0.25, 0.3) is 11.6 Å². The average Bonchev–Trinajstić information content (AvgIpc) is 3.17. The van der Waals surface area contributed by atoms with Gasteiger partial charge >= 0.3 is 0 Å². The van der Waals surface area contributed by atoms with Crippen LogP contribution in [-0.4, -0.2) is 28.0 Å². The van der Waals surface area contributed by atoms with Gasteiger partial charge in [-0.1, -0.05) is 56.3 Å². The third kappa shape index (κ3) is 6.34. The highest BCUT2D eigenvalue weighted by Gasteiger charge is 2.15. The van der Waals surface area contributed by atoms with Crippen LogP contribution in [0, 0.1) is 0 Å². The molecule has 1 aromatic heterocycles.